The number of rotatable bonds is 6. The molecule has 6 nitrogen and oxygen atoms in total. The molecule has 0 bridgehead atoms. The van der Waals surface area contributed by atoms with Crippen LogP contribution in [0.2, 0.25) is 0 Å². The van der Waals surface area contributed by atoms with Crippen molar-refractivity contribution in [2.24, 2.45) is 0 Å². The molecule has 0 saturated heterocycles. The van der Waals surface area contributed by atoms with Gasteiger partial charge in [0, 0.05) is 5.56 Å². The number of carbonyl (C=O) groups is 2. The van der Waals surface area contributed by atoms with E-state index in [0.717, 1.165) is 0 Å². The second kappa shape index (κ2) is 7.38. The Morgan fingerprint density at radius 3 is 2.58 bits per heavy atom. The summed E-state index contributed by atoms with van der Waals surface area (Å²) in [4.78, 5) is 23.0. The Balaban J connectivity index is 2.66. The van der Waals surface area contributed by atoms with Gasteiger partial charge in [0.2, 0.25) is 5.91 Å². The van der Waals surface area contributed by atoms with Crippen molar-refractivity contribution in [3.63, 3.8) is 0 Å². The highest BCUT2D eigenvalue weighted by Gasteiger charge is 2.20. The second-order valence-corrected chi connectivity index (χ2v) is 3.81. The number of aliphatic hydroxyl groups excluding tert-OH is 1. The molecule has 104 valence electrons. The number of para-hydroxylation sites is 1. The Labute approximate surface area is 111 Å². The molecule has 0 aromatic heterocycles. The van der Waals surface area contributed by atoms with Gasteiger partial charge in [0.15, 0.2) is 6.04 Å². The quantitative estimate of drug-likeness (QED) is 0.702. The minimum Gasteiger partial charge on any atom is -0.496 e. The van der Waals surface area contributed by atoms with Crippen LogP contribution in [0.1, 0.15) is 5.56 Å². The molecule has 0 aliphatic heterocycles. The molecule has 1 aromatic carbocycles. The highest BCUT2D eigenvalue weighted by Crippen LogP contribution is 2.17. The Morgan fingerprint density at radius 1 is 1.32 bits per heavy atom. The van der Waals surface area contributed by atoms with E-state index in [2.05, 4.69) is 10.1 Å². The summed E-state index contributed by atoms with van der Waals surface area (Å²) in [5.74, 6) is -0.485. The van der Waals surface area contributed by atoms with Crippen molar-refractivity contribution < 1.29 is 24.2 Å². The molecular weight excluding hydrogens is 250 g/mol. The lowest BCUT2D eigenvalue weighted by molar-refractivity contribution is -0.146. The molecule has 1 aromatic rings. The highest BCUT2D eigenvalue weighted by molar-refractivity contribution is 5.86. The SMILES string of the molecule is COC(=O)C(CO)NC(=O)Cc1ccccc1OC. The maximum Gasteiger partial charge on any atom is 0.330 e. The molecular formula is C13H17NO5. The number of nitrogens with one attached hydrogen (secondary N) is 1. The topological polar surface area (TPSA) is 84.9 Å². The van der Waals surface area contributed by atoms with Gasteiger partial charge in [-0.15, -0.1) is 0 Å². The van der Waals surface area contributed by atoms with Gasteiger partial charge in [-0.05, 0) is 6.07 Å². The molecule has 2 N–H and O–H groups in total. The van der Waals surface area contributed by atoms with E-state index in [1.165, 1.54) is 14.2 Å². The van der Waals surface area contributed by atoms with E-state index in [-0.39, 0.29) is 6.42 Å². The van der Waals surface area contributed by atoms with Crippen LogP contribution < -0.4 is 10.1 Å². The van der Waals surface area contributed by atoms with Crippen LogP contribution in [0.25, 0.3) is 0 Å². The molecule has 1 unspecified atom stereocenters. The van der Waals surface area contributed by atoms with Crippen molar-refractivity contribution in [1.82, 2.24) is 5.32 Å². The average molecular weight is 267 g/mol. The number of methoxy groups -OCH3 is 2. The molecule has 1 atom stereocenters. The molecule has 0 spiro atoms. The lowest BCUT2D eigenvalue weighted by atomic mass is 10.1. The van der Waals surface area contributed by atoms with E-state index in [9.17, 15) is 9.59 Å². The van der Waals surface area contributed by atoms with Gasteiger partial charge < -0.3 is 19.9 Å². The first-order valence-corrected chi connectivity index (χ1v) is 5.72. The van der Waals surface area contributed by atoms with E-state index >= 15 is 0 Å². The van der Waals surface area contributed by atoms with Crippen molar-refractivity contribution in [2.75, 3.05) is 20.8 Å². The number of amides is 1. The van der Waals surface area contributed by atoms with E-state index in [1.807, 2.05) is 0 Å². The second-order valence-electron chi connectivity index (χ2n) is 3.81. The van der Waals surface area contributed by atoms with Gasteiger partial charge in [0.25, 0.3) is 0 Å². The summed E-state index contributed by atoms with van der Waals surface area (Å²) in [6, 6.07) is 6.03. The number of hydrogen-bond donors (Lipinski definition) is 2. The summed E-state index contributed by atoms with van der Waals surface area (Å²) < 4.78 is 9.59. The standard InChI is InChI=1S/C13H17NO5/c1-18-11-6-4-3-5-9(11)7-12(16)14-10(8-15)13(17)19-2/h3-6,10,15H,7-8H2,1-2H3,(H,14,16). The van der Waals surface area contributed by atoms with Crippen molar-refractivity contribution >= 4 is 11.9 Å². The van der Waals surface area contributed by atoms with Crippen LogP contribution in [0, 0.1) is 0 Å². The summed E-state index contributed by atoms with van der Waals surface area (Å²) in [5, 5.41) is 11.4. The van der Waals surface area contributed by atoms with E-state index in [1.54, 1.807) is 24.3 Å². The summed E-state index contributed by atoms with van der Waals surface area (Å²) in [6.45, 7) is -0.510. The molecule has 0 aliphatic rings. The van der Waals surface area contributed by atoms with Gasteiger partial charge in [0.1, 0.15) is 5.75 Å². The zero-order valence-corrected chi connectivity index (χ0v) is 10.9. The fraction of sp³-hybridized carbons (Fsp3) is 0.385. The number of benzene rings is 1. The number of aliphatic hydroxyl groups is 1. The lowest BCUT2D eigenvalue weighted by Gasteiger charge is -2.14. The number of carbonyl (C=O) groups excluding carboxylic acids is 2. The zero-order valence-electron chi connectivity index (χ0n) is 10.9. The molecule has 0 heterocycles. The zero-order chi connectivity index (χ0) is 14.3. The minimum absolute atomic E-state index is 0.0531. The molecule has 0 fully saturated rings. The fourth-order valence-electron chi connectivity index (χ4n) is 1.59. The minimum atomic E-state index is -1.05. The van der Waals surface area contributed by atoms with Gasteiger partial charge in [0.05, 0.1) is 27.2 Å². The summed E-state index contributed by atoms with van der Waals surface area (Å²) >= 11 is 0. The van der Waals surface area contributed by atoms with Gasteiger partial charge >= 0.3 is 5.97 Å². The summed E-state index contributed by atoms with van der Waals surface area (Å²) in [5.41, 5.74) is 0.698. The molecule has 0 radical (unpaired) electrons. The van der Waals surface area contributed by atoms with Crippen LogP contribution in [-0.4, -0.2) is 43.9 Å². The third kappa shape index (κ3) is 4.26. The Kier molecular flexibility index (Phi) is 5.81. The monoisotopic (exact) mass is 267 g/mol. The van der Waals surface area contributed by atoms with Crippen LogP contribution in [0.5, 0.6) is 5.75 Å². The van der Waals surface area contributed by atoms with Crippen molar-refractivity contribution in [1.29, 1.82) is 0 Å². The van der Waals surface area contributed by atoms with Crippen molar-refractivity contribution in [3.8, 4) is 5.75 Å². The van der Waals surface area contributed by atoms with Gasteiger partial charge in [-0.2, -0.15) is 0 Å². The fourth-order valence-corrected chi connectivity index (χ4v) is 1.59. The molecule has 1 amide bonds. The van der Waals surface area contributed by atoms with Crippen LogP contribution >= 0.6 is 0 Å². The van der Waals surface area contributed by atoms with E-state index < -0.39 is 24.5 Å². The number of hydrogen-bond acceptors (Lipinski definition) is 5. The third-order valence-corrected chi connectivity index (χ3v) is 2.55. The first-order chi connectivity index (χ1) is 9.12. The Bertz CT molecular complexity index is 446. The van der Waals surface area contributed by atoms with Crippen LogP contribution in [0.4, 0.5) is 0 Å². The van der Waals surface area contributed by atoms with E-state index in [0.29, 0.717) is 11.3 Å². The maximum absolute atomic E-state index is 11.8. The number of ether oxygens (including phenoxy) is 2. The van der Waals surface area contributed by atoms with Crippen LogP contribution in [0.15, 0.2) is 24.3 Å². The van der Waals surface area contributed by atoms with E-state index in [4.69, 9.17) is 9.84 Å². The van der Waals surface area contributed by atoms with Crippen molar-refractivity contribution in [2.45, 2.75) is 12.5 Å². The molecule has 6 heteroatoms. The van der Waals surface area contributed by atoms with Crippen LogP contribution in [0.3, 0.4) is 0 Å². The third-order valence-electron chi connectivity index (χ3n) is 2.55. The molecule has 0 aliphatic carbocycles. The molecule has 1 rings (SSSR count). The predicted octanol–water partition coefficient (Wildman–Crippen LogP) is -0.112. The lowest BCUT2D eigenvalue weighted by Crippen LogP contribution is -2.44. The number of esters is 1. The summed E-state index contributed by atoms with van der Waals surface area (Å²) in [6.07, 6.45) is 0.0531. The van der Waals surface area contributed by atoms with Gasteiger partial charge in [-0.3, -0.25) is 4.79 Å². The largest absolute Gasteiger partial charge is 0.496 e. The highest BCUT2D eigenvalue weighted by atomic mass is 16.5. The van der Waals surface area contributed by atoms with Gasteiger partial charge in [-0.1, -0.05) is 18.2 Å². The molecule has 19 heavy (non-hydrogen) atoms. The van der Waals surface area contributed by atoms with Crippen LogP contribution in [-0.2, 0) is 20.7 Å². The smallest absolute Gasteiger partial charge is 0.330 e. The first kappa shape index (κ1) is 15.0. The maximum atomic E-state index is 11.8. The first-order valence-electron chi connectivity index (χ1n) is 5.72. The normalized spacial score (nSPS) is 11.5. The Morgan fingerprint density at radius 2 is 2.00 bits per heavy atom. The van der Waals surface area contributed by atoms with Gasteiger partial charge in [-0.25, -0.2) is 4.79 Å². The van der Waals surface area contributed by atoms with Crippen molar-refractivity contribution in [3.05, 3.63) is 29.8 Å². The molecule has 0 saturated carbocycles. The average Bonchev–Trinajstić information content (AvgIpc) is 2.44. The summed E-state index contributed by atoms with van der Waals surface area (Å²) in [7, 11) is 2.71. The predicted molar refractivity (Wildman–Crippen MR) is 67.7 cm³/mol. The Hall–Kier alpha value is -2.08.